The summed E-state index contributed by atoms with van der Waals surface area (Å²) in [4.78, 5) is -0.111. The third-order valence-corrected chi connectivity index (χ3v) is 5.05. The summed E-state index contributed by atoms with van der Waals surface area (Å²) in [5.74, 6) is -0.173. The third kappa shape index (κ3) is 4.60. The average molecular weight is 336 g/mol. The molecule has 0 aliphatic carbocycles. The van der Waals surface area contributed by atoms with Crippen LogP contribution in [0.3, 0.4) is 0 Å². The highest BCUT2D eigenvalue weighted by Crippen LogP contribution is 2.18. The van der Waals surface area contributed by atoms with Crippen molar-refractivity contribution in [1.82, 2.24) is 4.72 Å². The van der Waals surface area contributed by atoms with Crippen LogP contribution in [0.25, 0.3) is 0 Å². The maximum Gasteiger partial charge on any atom is 0.240 e. The van der Waals surface area contributed by atoms with E-state index >= 15 is 0 Å². The first-order valence-corrected chi connectivity index (χ1v) is 8.88. The summed E-state index contributed by atoms with van der Waals surface area (Å²) in [7, 11) is -3.78. The van der Waals surface area contributed by atoms with Gasteiger partial charge in [-0.3, -0.25) is 0 Å². The van der Waals surface area contributed by atoms with Gasteiger partial charge in [0, 0.05) is 12.6 Å². The van der Waals surface area contributed by atoms with Crippen molar-refractivity contribution in [3.05, 3.63) is 65.5 Å². The molecule has 2 aromatic rings. The van der Waals surface area contributed by atoms with Crippen molar-refractivity contribution in [1.29, 1.82) is 0 Å². The normalized spacial score (nSPS) is 13.3. The minimum absolute atomic E-state index is 0.0415. The molecule has 2 aromatic carbocycles. The number of sulfonamides is 1. The minimum Gasteiger partial charge on any atom is -0.323 e. The first kappa shape index (κ1) is 17.6. The van der Waals surface area contributed by atoms with Crippen LogP contribution in [0.1, 0.15) is 36.9 Å². The second-order valence-electron chi connectivity index (χ2n) is 5.74. The van der Waals surface area contributed by atoms with Crippen LogP contribution in [0.15, 0.2) is 53.4 Å². The Bertz CT molecular complexity index is 758. The van der Waals surface area contributed by atoms with E-state index in [2.05, 4.69) is 18.6 Å². The quantitative estimate of drug-likeness (QED) is 0.852. The molecule has 124 valence electrons. The molecule has 0 aliphatic heterocycles. The van der Waals surface area contributed by atoms with Crippen LogP contribution >= 0.6 is 0 Å². The standard InChI is InChI=1S/C17H21FN2O2S/c1-12(2)13-6-8-14(9-7-13)17(19)11-20-23(21,22)16-5-3-4-15(18)10-16/h3-10,12,17,20H,11,19H2,1-2H3. The Hall–Kier alpha value is -1.76. The zero-order valence-electron chi connectivity index (χ0n) is 13.2. The number of nitrogens with two attached hydrogens (primary N) is 1. The topological polar surface area (TPSA) is 72.2 Å². The number of hydrogen-bond donors (Lipinski definition) is 2. The summed E-state index contributed by atoms with van der Waals surface area (Å²) in [5, 5.41) is 0. The number of halogens is 1. The lowest BCUT2D eigenvalue weighted by molar-refractivity contribution is 0.569. The van der Waals surface area contributed by atoms with Crippen LogP contribution in [0.2, 0.25) is 0 Å². The Morgan fingerprint density at radius 3 is 2.26 bits per heavy atom. The maximum absolute atomic E-state index is 13.1. The molecule has 0 aliphatic rings. The third-order valence-electron chi connectivity index (χ3n) is 3.63. The fourth-order valence-electron chi connectivity index (χ4n) is 2.16. The molecule has 0 saturated heterocycles. The predicted octanol–water partition coefficient (Wildman–Crippen LogP) is 2.93. The molecule has 0 radical (unpaired) electrons. The van der Waals surface area contributed by atoms with Gasteiger partial charge in [0.25, 0.3) is 0 Å². The van der Waals surface area contributed by atoms with E-state index in [1.165, 1.54) is 23.8 Å². The van der Waals surface area contributed by atoms with Crippen molar-refractivity contribution in [3.8, 4) is 0 Å². The van der Waals surface area contributed by atoms with Gasteiger partial charge in [-0.1, -0.05) is 44.2 Å². The maximum atomic E-state index is 13.1. The highest BCUT2D eigenvalue weighted by atomic mass is 32.2. The van der Waals surface area contributed by atoms with Crippen LogP contribution in [0.4, 0.5) is 4.39 Å². The van der Waals surface area contributed by atoms with E-state index in [4.69, 9.17) is 5.73 Å². The van der Waals surface area contributed by atoms with Gasteiger partial charge < -0.3 is 5.73 Å². The second kappa shape index (κ2) is 7.21. The lowest BCUT2D eigenvalue weighted by Crippen LogP contribution is -2.32. The number of nitrogens with one attached hydrogen (secondary N) is 1. The van der Waals surface area contributed by atoms with E-state index in [-0.39, 0.29) is 11.4 Å². The summed E-state index contributed by atoms with van der Waals surface area (Å²) >= 11 is 0. The Balaban J connectivity index is 2.04. The van der Waals surface area contributed by atoms with Crippen molar-refractivity contribution in [3.63, 3.8) is 0 Å². The van der Waals surface area contributed by atoms with Crippen LogP contribution in [-0.2, 0) is 10.0 Å². The van der Waals surface area contributed by atoms with Crippen LogP contribution in [-0.4, -0.2) is 15.0 Å². The molecule has 6 heteroatoms. The molecule has 0 spiro atoms. The molecule has 0 heterocycles. The highest BCUT2D eigenvalue weighted by Gasteiger charge is 2.16. The van der Waals surface area contributed by atoms with Crippen molar-refractivity contribution in [2.24, 2.45) is 5.73 Å². The lowest BCUT2D eigenvalue weighted by Gasteiger charge is -2.15. The monoisotopic (exact) mass is 336 g/mol. The van der Waals surface area contributed by atoms with Gasteiger partial charge in [0.15, 0.2) is 0 Å². The molecular formula is C17H21FN2O2S. The molecule has 0 fully saturated rings. The molecule has 23 heavy (non-hydrogen) atoms. The van der Waals surface area contributed by atoms with Gasteiger partial charge in [0.2, 0.25) is 10.0 Å². The molecule has 4 nitrogen and oxygen atoms in total. The first-order valence-electron chi connectivity index (χ1n) is 7.40. The Labute approximate surface area is 136 Å². The summed E-state index contributed by atoms with van der Waals surface area (Å²) in [5.41, 5.74) is 8.07. The van der Waals surface area contributed by atoms with E-state index < -0.39 is 21.9 Å². The fraction of sp³-hybridized carbons (Fsp3) is 0.294. The van der Waals surface area contributed by atoms with E-state index in [9.17, 15) is 12.8 Å². The molecule has 0 aromatic heterocycles. The van der Waals surface area contributed by atoms with E-state index in [0.29, 0.717) is 5.92 Å². The first-order chi connectivity index (χ1) is 10.8. The zero-order chi connectivity index (χ0) is 17.0. The molecule has 1 unspecified atom stereocenters. The van der Waals surface area contributed by atoms with Crippen LogP contribution in [0.5, 0.6) is 0 Å². The van der Waals surface area contributed by atoms with Crippen LogP contribution < -0.4 is 10.5 Å². The molecule has 3 N–H and O–H groups in total. The molecule has 1 atom stereocenters. The molecule has 0 amide bonds. The highest BCUT2D eigenvalue weighted by molar-refractivity contribution is 7.89. The van der Waals surface area contributed by atoms with Crippen molar-refractivity contribution in [2.45, 2.75) is 30.7 Å². The zero-order valence-corrected chi connectivity index (χ0v) is 14.0. The molecule has 0 bridgehead atoms. The van der Waals surface area contributed by atoms with Gasteiger partial charge in [-0.25, -0.2) is 17.5 Å². The summed E-state index contributed by atoms with van der Waals surface area (Å²) in [6.07, 6.45) is 0. The molecule has 0 saturated carbocycles. The Morgan fingerprint density at radius 1 is 1.09 bits per heavy atom. The van der Waals surface area contributed by atoms with Crippen molar-refractivity contribution >= 4 is 10.0 Å². The van der Waals surface area contributed by atoms with Crippen LogP contribution in [0, 0.1) is 5.82 Å². The summed E-state index contributed by atoms with van der Waals surface area (Å²) in [6.45, 7) is 4.24. The number of rotatable bonds is 6. The van der Waals surface area contributed by atoms with Gasteiger partial charge >= 0.3 is 0 Å². The van der Waals surface area contributed by atoms with Gasteiger partial charge in [-0.15, -0.1) is 0 Å². The number of hydrogen-bond acceptors (Lipinski definition) is 3. The van der Waals surface area contributed by atoms with E-state index in [1.807, 2.05) is 24.3 Å². The summed E-state index contributed by atoms with van der Waals surface area (Å²) < 4.78 is 39.8. The number of benzene rings is 2. The lowest BCUT2D eigenvalue weighted by atomic mass is 9.99. The SMILES string of the molecule is CC(C)c1ccc(C(N)CNS(=O)(=O)c2cccc(F)c2)cc1. The van der Waals surface area contributed by atoms with Gasteiger partial charge in [0.05, 0.1) is 4.90 Å². The Kier molecular flexibility index (Phi) is 5.51. The Morgan fingerprint density at radius 2 is 1.70 bits per heavy atom. The predicted molar refractivity (Wildman–Crippen MR) is 89.0 cm³/mol. The average Bonchev–Trinajstić information content (AvgIpc) is 2.53. The fourth-order valence-corrected chi connectivity index (χ4v) is 3.25. The van der Waals surface area contributed by atoms with E-state index in [1.54, 1.807) is 0 Å². The molecular weight excluding hydrogens is 315 g/mol. The minimum atomic E-state index is -3.78. The van der Waals surface area contributed by atoms with Crippen molar-refractivity contribution < 1.29 is 12.8 Å². The second-order valence-corrected chi connectivity index (χ2v) is 7.50. The van der Waals surface area contributed by atoms with Gasteiger partial charge in [0.1, 0.15) is 5.82 Å². The van der Waals surface area contributed by atoms with Crippen molar-refractivity contribution in [2.75, 3.05) is 6.54 Å². The van der Waals surface area contributed by atoms with Gasteiger partial charge in [-0.2, -0.15) is 0 Å². The largest absolute Gasteiger partial charge is 0.323 e. The molecule has 2 rings (SSSR count). The smallest absolute Gasteiger partial charge is 0.240 e. The summed E-state index contributed by atoms with van der Waals surface area (Å²) in [6, 6.07) is 12.2. The van der Waals surface area contributed by atoms with E-state index in [0.717, 1.165) is 11.6 Å². The van der Waals surface area contributed by atoms with Gasteiger partial charge in [-0.05, 0) is 35.2 Å².